The van der Waals surface area contributed by atoms with Crippen LogP contribution in [-0.2, 0) is 9.59 Å². The summed E-state index contributed by atoms with van der Waals surface area (Å²) in [7, 11) is 0. The Balaban J connectivity index is 1.33. The number of ether oxygens (including phenoxy) is 1. The normalized spacial score (nSPS) is 15.5. The molecule has 1 aliphatic rings. The lowest BCUT2D eigenvalue weighted by Crippen LogP contribution is -2.20. The van der Waals surface area contributed by atoms with Crippen LogP contribution < -0.4 is 15.4 Å². The topological polar surface area (TPSA) is 79.8 Å². The number of halogens is 1. The molecule has 6 nitrogen and oxygen atoms in total. The van der Waals surface area contributed by atoms with Gasteiger partial charge in [-0.2, -0.15) is 0 Å². The molecule has 166 valence electrons. The summed E-state index contributed by atoms with van der Waals surface area (Å²) in [5.74, 6) is 0.0848. The molecule has 0 radical (unpaired) electrons. The van der Waals surface area contributed by atoms with Crippen LogP contribution in [-0.4, -0.2) is 23.6 Å². The van der Waals surface area contributed by atoms with Crippen molar-refractivity contribution in [2.45, 2.75) is 6.92 Å². The van der Waals surface area contributed by atoms with E-state index in [0.717, 1.165) is 16.8 Å². The molecule has 1 heterocycles. The molecular formula is C25H20ClN3O3S. The standard InChI is InChI=1S/C25H20ClN3O3S/c1-16-2-8-20(9-3-16)28-25-29-24(31)22(33-25)14-17-4-12-21(13-5-17)32-15-23(30)27-19-10-6-18(26)7-11-19/h2-14H,15H2,1H3,(H,27,30)(H,28,29,31)/b22-14-. The van der Waals surface area contributed by atoms with E-state index in [0.29, 0.717) is 26.5 Å². The van der Waals surface area contributed by atoms with E-state index in [2.05, 4.69) is 15.6 Å². The van der Waals surface area contributed by atoms with Gasteiger partial charge in [0, 0.05) is 10.7 Å². The van der Waals surface area contributed by atoms with E-state index in [4.69, 9.17) is 16.3 Å². The lowest BCUT2D eigenvalue weighted by atomic mass is 10.2. The molecular weight excluding hydrogens is 458 g/mol. The highest BCUT2D eigenvalue weighted by Crippen LogP contribution is 2.28. The quantitative estimate of drug-likeness (QED) is 0.456. The summed E-state index contributed by atoms with van der Waals surface area (Å²) < 4.78 is 5.54. The van der Waals surface area contributed by atoms with Gasteiger partial charge < -0.3 is 15.4 Å². The number of aliphatic imine (C=N–C) groups is 1. The first-order chi connectivity index (χ1) is 15.9. The molecule has 0 aliphatic carbocycles. The summed E-state index contributed by atoms with van der Waals surface area (Å²) in [4.78, 5) is 29.4. The first-order valence-electron chi connectivity index (χ1n) is 10.1. The summed E-state index contributed by atoms with van der Waals surface area (Å²) in [5, 5.41) is 6.66. The summed E-state index contributed by atoms with van der Waals surface area (Å²) in [6, 6.07) is 21.7. The maximum absolute atomic E-state index is 12.3. The van der Waals surface area contributed by atoms with Gasteiger partial charge in [-0.3, -0.25) is 9.59 Å². The van der Waals surface area contributed by atoms with Gasteiger partial charge in [0.25, 0.3) is 11.8 Å². The van der Waals surface area contributed by atoms with E-state index >= 15 is 0 Å². The average Bonchev–Trinajstić information content (AvgIpc) is 3.15. The maximum Gasteiger partial charge on any atom is 0.264 e. The molecule has 0 spiro atoms. The molecule has 0 atom stereocenters. The van der Waals surface area contributed by atoms with E-state index in [1.807, 2.05) is 43.3 Å². The lowest BCUT2D eigenvalue weighted by Gasteiger charge is -2.08. The van der Waals surface area contributed by atoms with Gasteiger partial charge in [-0.1, -0.05) is 41.4 Å². The molecule has 1 fully saturated rings. The fourth-order valence-corrected chi connectivity index (χ4v) is 3.88. The summed E-state index contributed by atoms with van der Waals surface area (Å²) in [6.07, 6.45) is 1.79. The Bertz CT molecular complexity index is 1220. The molecule has 1 saturated heterocycles. The van der Waals surface area contributed by atoms with Gasteiger partial charge >= 0.3 is 0 Å². The number of carbonyl (C=O) groups excluding carboxylic acids is 2. The third kappa shape index (κ3) is 6.47. The minimum atomic E-state index is -0.275. The van der Waals surface area contributed by atoms with Crippen molar-refractivity contribution in [3.05, 3.63) is 93.9 Å². The van der Waals surface area contributed by atoms with E-state index in [1.165, 1.54) is 11.8 Å². The number of aryl methyl sites for hydroxylation is 1. The van der Waals surface area contributed by atoms with Crippen molar-refractivity contribution in [2.24, 2.45) is 4.99 Å². The van der Waals surface area contributed by atoms with Crippen molar-refractivity contribution >= 4 is 57.8 Å². The number of nitrogens with zero attached hydrogens (tertiary/aromatic N) is 1. The third-order valence-electron chi connectivity index (χ3n) is 4.59. The number of hydrogen-bond donors (Lipinski definition) is 2. The Morgan fingerprint density at radius 1 is 1.06 bits per heavy atom. The number of nitrogens with one attached hydrogen (secondary N) is 2. The smallest absolute Gasteiger partial charge is 0.264 e. The van der Waals surface area contributed by atoms with Crippen molar-refractivity contribution in [1.29, 1.82) is 0 Å². The fourth-order valence-electron chi connectivity index (χ4n) is 2.91. The molecule has 8 heteroatoms. The molecule has 4 rings (SSSR count). The second kappa shape index (κ2) is 10.4. The highest BCUT2D eigenvalue weighted by Gasteiger charge is 2.23. The number of benzene rings is 3. The van der Waals surface area contributed by atoms with Gasteiger partial charge in [0.2, 0.25) is 0 Å². The SMILES string of the molecule is Cc1ccc(N=C2NC(=O)/C(=C/c3ccc(OCC(=O)Nc4ccc(Cl)cc4)cc3)S2)cc1. The molecule has 0 saturated carbocycles. The number of anilines is 1. The summed E-state index contributed by atoms with van der Waals surface area (Å²) >= 11 is 7.13. The second-order valence-corrected chi connectivity index (χ2v) is 8.70. The maximum atomic E-state index is 12.3. The third-order valence-corrected chi connectivity index (χ3v) is 5.75. The monoisotopic (exact) mass is 477 g/mol. The van der Waals surface area contributed by atoms with Gasteiger partial charge in [0.05, 0.1) is 10.6 Å². The fraction of sp³-hybridized carbons (Fsp3) is 0.0800. The van der Waals surface area contributed by atoms with Crippen molar-refractivity contribution in [3.63, 3.8) is 0 Å². The molecule has 0 aromatic heterocycles. The van der Waals surface area contributed by atoms with Crippen LogP contribution in [0.1, 0.15) is 11.1 Å². The Morgan fingerprint density at radius 3 is 2.45 bits per heavy atom. The predicted molar refractivity (Wildman–Crippen MR) is 134 cm³/mol. The molecule has 1 aliphatic heterocycles. The van der Waals surface area contributed by atoms with Gasteiger partial charge in [-0.15, -0.1) is 0 Å². The van der Waals surface area contributed by atoms with Crippen LogP contribution in [0.4, 0.5) is 11.4 Å². The Morgan fingerprint density at radius 2 is 1.76 bits per heavy atom. The minimum absolute atomic E-state index is 0.125. The second-order valence-electron chi connectivity index (χ2n) is 7.23. The molecule has 0 bridgehead atoms. The van der Waals surface area contributed by atoms with E-state index in [9.17, 15) is 9.59 Å². The van der Waals surface area contributed by atoms with Crippen molar-refractivity contribution in [1.82, 2.24) is 5.32 Å². The van der Waals surface area contributed by atoms with Crippen LogP contribution in [0.25, 0.3) is 6.08 Å². The van der Waals surface area contributed by atoms with Crippen molar-refractivity contribution in [3.8, 4) is 5.75 Å². The first-order valence-corrected chi connectivity index (χ1v) is 11.3. The minimum Gasteiger partial charge on any atom is -0.484 e. The van der Waals surface area contributed by atoms with Crippen LogP contribution in [0.5, 0.6) is 5.75 Å². The molecule has 33 heavy (non-hydrogen) atoms. The van der Waals surface area contributed by atoms with Crippen LogP contribution >= 0.6 is 23.4 Å². The van der Waals surface area contributed by atoms with Crippen LogP contribution in [0.2, 0.25) is 5.02 Å². The van der Waals surface area contributed by atoms with Gasteiger partial charge in [-0.25, -0.2) is 4.99 Å². The predicted octanol–water partition coefficient (Wildman–Crippen LogP) is 5.56. The van der Waals surface area contributed by atoms with Crippen LogP contribution in [0.15, 0.2) is 82.7 Å². The zero-order valence-electron chi connectivity index (χ0n) is 17.7. The summed E-state index contributed by atoms with van der Waals surface area (Å²) in [5.41, 5.74) is 3.42. The molecule has 2 N–H and O–H groups in total. The number of amidine groups is 1. The highest BCUT2D eigenvalue weighted by molar-refractivity contribution is 8.18. The van der Waals surface area contributed by atoms with Gasteiger partial charge in [0.15, 0.2) is 11.8 Å². The molecule has 0 unspecified atom stereocenters. The van der Waals surface area contributed by atoms with Gasteiger partial charge in [-0.05, 0) is 78.9 Å². The summed E-state index contributed by atoms with van der Waals surface area (Å²) in [6.45, 7) is 1.89. The number of rotatable bonds is 6. The number of hydrogen-bond acceptors (Lipinski definition) is 5. The zero-order valence-corrected chi connectivity index (χ0v) is 19.2. The first kappa shape index (κ1) is 22.6. The molecule has 3 aromatic rings. The van der Waals surface area contributed by atoms with Crippen molar-refractivity contribution in [2.75, 3.05) is 11.9 Å². The average molecular weight is 478 g/mol. The highest BCUT2D eigenvalue weighted by atomic mass is 35.5. The van der Waals surface area contributed by atoms with E-state index < -0.39 is 0 Å². The Labute approximate surface area is 200 Å². The van der Waals surface area contributed by atoms with Crippen LogP contribution in [0.3, 0.4) is 0 Å². The van der Waals surface area contributed by atoms with Crippen LogP contribution in [0, 0.1) is 6.92 Å². The number of thioether (sulfide) groups is 1. The largest absolute Gasteiger partial charge is 0.484 e. The zero-order chi connectivity index (χ0) is 23.2. The molecule has 3 aromatic carbocycles. The van der Waals surface area contributed by atoms with Crippen molar-refractivity contribution < 1.29 is 14.3 Å². The lowest BCUT2D eigenvalue weighted by molar-refractivity contribution is -0.118. The van der Waals surface area contributed by atoms with E-state index in [1.54, 1.807) is 42.5 Å². The Hall–Kier alpha value is -3.55. The molecule has 2 amide bonds. The number of carbonyl (C=O) groups is 2. The Kier molecular flexibility index (Phi) is 7.12. The van der Waals surface area contributed by atoms with Gasteiger partial charge in [0.1, 0.15) is 5.75 Å². The number of amides is 2. The van der Waals surface area contributed by atoms with E-state index in [-0.39, 0.29) is 18.4 Å².